The Bertz CT molecular complexity index is 414. The number of thiophene rings is 1. The van der Waals surface area contributed by atoms with Gasteiger partial charge in [0.2, 0.25) is 5.91 Å². The molecule has 0 aromatic carbocycles. The smallest absolute Gasteiger partial charge is 0.322 e. The first kappa shape index (κ1) is 17.4. The number of carboxylic acid groups (broad SMARTS) is 1. The molecule has 0 aliphatic carbocycles. The maximum absolute atomic E-state index is 11.3. The van der Waals surface area contributed by atoms with Gasteiger partial charge in [-0.2, -0.15) is 0 Å². The average Bonchev–Trinajstić information content (AvgIpc) is 2.60. The Morgan fingerprint density at radius 2 is 2.22 bits per heavy atom. The highest BCUT2D eigenvalue weighted by molar-refractivity contribution is 9.10. The number of carbonyl (C=O) groups is 2. The van der Waals surface area contributed by atoms with Crippen LogP contribution in [0.3, 0.4) is 0 Å². The van der Waals surface area contributed by atoms with Gasteiger partial charge in [-0.1, -0.05) is 0 Å². The maximum Gasteiger partial charge on any atom is 0.322 e. The van der Waals surface area contributed by atoms with Gasteiger partial charge in [-0.05, 0) is 29.0 Å². The number of likely N-dealkylation sites (N-methyl/N-ethyl adjacent to an activating group) is 1. The molecule has 1 aromatic heterocycles. The van der Waals surface area contributed by atoms with Gasteiger partial charge in [-0.25, -0.2) is 0 Å². The SMILES string of the molecule is CN(CC(=O)NCC(=O)O)Cc1cc(Br)cs1.Cl. The van der Waals surface area contributed by atoms with Gasteiger partial charge in [-0.3, -0.25) is 14.5 Å². The Labute approximate surface area is 124 Å². The van der Waals surface area contributed by atoms with Crippen molar-refractivity contribution in [3.05, 3.63) is 20.8 Å². The molecule has 0 unspecified atom stereocenters. The van der Waals surface area contributed by atoms with E-state index in [2.05, 4.69) is 21.2 Å². The molecule has 0 radical (unpaired) electrons. The van der Waals surface area contributed by atoms with Crippen molar-refractivity contribution in [2.24, 2.45) is 0 Å². The first-order valence-corrected chi connectivity index (χ1v) is 6.54. The van der Waals surface area contributed by atoms with Gasteiger partial charge in [0.25, 0.3) is 0 Å². The minimum absolute atomic E-state index is 0. The third kappa shape index (κ3) is 6.95. The molecule has 0 aliphatic rings. The van der Waals surface area contributed by atoms with Crippen molar-refractivity contribution in [1.29, 1.82) is 0 Å². The minimum Gasteiger partial charge on any atom is -0.480 e. The monoisotopic (exact) mass is 356 g/mol. The van der Waals surface area contributed by atoms with E-state index < -0.39 is 5.97 Å². The second-order valence-corrected chi connectivity index (χ2v) is 5.49. The van der Waals surface area contributed by atoms with E-state index in [4.69, 9.17) is 5.11 Å². The largest absolute Gasteiger partial charge is 0.480 e. The van der Waals surface area contributed by atoms with Crippen LogP contribution in [0.1, 0.15) is 4.88 Å². The van der Waals surface area contributed by atoms with Crippen LogP contribution < -0.4 is 5.32 Å². The van der Waals surface area contributed by atoms with Gasteiger partial charge in [0.15, 0.2) is 0 Å². The molecular weight excluding hydrogens is 344 g/mol. The third-order valence-corrected chi connectivity index (χ3v) is 3.58. The Hall–Kier alpha value is -0.630. The fraction of sp³-hybridized carbons (Fsp3) is 0.400. The van der Waals surface area contributed by atoms with Crippen molar-refractivity contribution < 1.29 is 14.7 Å². The van der Waals surface area contributed by atoms with E-state index in [1.165, 1.54) is 0 Å². The summed E-state index contributed by atoms with van der Waals surface area (Å²) in [7, 11) is 1.81. The average molecular weight is 358 g/mol. The second-order valence-electron chi connectivity index (χ2n) is 3.57. The molecule has 1 amide bonds. The summed E-state index contributed by atoms with van der Waals surface area (Å²) < 4.78 is 1.03. The molecule has 2 N–H and O–H groups in total. The number of amides is 1. The van der Waals surface area contributed by atoms with Crippen LogP contribution in [0.2, 0.25) is 0 Å². The molecule has 18 heavy (non-hydrogen) atoms. The zero-order valence-electron chi connectivity index (χ0n) is 9.68. The maximum atomic E-state index is 11.3. The molecule has 1 aromatic rings. The van der Waals surface area contributed by atoms with E-state index in [-0.39, 0.29) is 31.4 Å². The molecule has 0 bridgehead atoms. The Morgan fingerprint density at radius 3 is 2.72 bits per heavy atom. The number of carbonyl (C=O) groups excluding carboxylic acids is 1. The Balaban J connectivity index is 0.00000289. The molecule has 1 heterocycles. The van der Waals surface area contributed by atoms with Crippen LogP contribution in [-0.4, -0.2) is 42.0 Å². The van der Waals surface area contributed by atoms with E-state index >= 15 is 0 Å². The van der Waals surface area contributed by atoms with Gasteiger partial charge in [0.1, 0.15) is 6.54 Å². The fourth-order valence-electron chi connectivity index (χ4n) is 1.23. The molecule has 5 nitrogen and oxygen atoms in total. The first-order valence-electron chi connectivity index (χ1n) is 4.87. The summed E-state index contributed by atoms with van der Waals surface area (Å²) in [5.41, 5.74) is 0. The normalized spacial score (nSPS) is 9.94. The number of nitrogens with zero attached hydrogens (tertiary/aromatic N) is 1. The molecule has 0 atom stereocenters. The highest BCUT2D eigenvalue weighted by Crippen LogP contribution is 2.20. The van der Waals surface area contributed by atoms with Crippen molar-refractivity contribution >= 4 is 51.6 Å². The van der Waals surface area contributed by atoms with E-state index in [0.29, 0.717) is 6.54 Å². The van der Waals surface area contributed by atoms with Crippen LogP contribution in [0.4, 0.5) is 0 Å². The highest BCUT2D eigenvalue weighted by atomic mass is 79.9. The van der Waals surface area contributed by atoms with Crippen LogP contribution in [0.25, 0.3) is 0 Å². The first-order chi connectivity index (χ1) is 7.97. The number of aliphatic carboxylic acids is 1. The van der Waals surface area contributed by atoms with Crippen LogP contribution in [0.15, 0.2) is 15.9 Å². The summed E-state index contributed by atoms with van der Waals surface area (Å²) in [6.45, 7) is 0.511. The van der Waals surface area contributed by atoms with Gasteiger partial charge in [-0.15, -0.1) is 23.7 Å². The number of carboxylic acids is 1. The van der Waals surface area contributed by atoms with Crippen molar-refractivity contribution in [2.45, 2.75) is 6.54 Å². The molecule has 8 heteroatoms. The van der Waals surface area contributed by atoms with Crippen molar-refractivity contribution in [2.75, 3.05) is 20.1 Å². The molecule has 0 saturated heterocycles. The van der Waals surface area contributed by atoms with Gasteiger partial charge in [0.05, 0.1) is 6.54 Å². The lowest BCUT2D eigenvalue weighted by molar-refractivity contribution is -0.138. The lowest BCUT2D eigenvalue weighted by atomic mass is 10.4. The summed E-state index contributed by atoms with van der Waals surface area (Å²) in [4.78, 5) is 24.6. The third-order valence-electron chi connectivity index (χ3n) is 1.90. The van der Waals surface area contributed by atoms with Gasteiger partial charge >= 0.3 is 5.97 Å². The van der Waals surface area contributed by atoms with Crippen molar-refractivity contribution in [3.63, 3.8) is 0 Å². The molecular formula is C10H14BrClN2O3S. The lowest BCUT2D eigenvalue weighted by Gasteiger charge is -2.14. The van der Waals surface area contributed by atoms with Crippen molar-refractivity contribution in [3.8, 4) is 0 Å². The number of hydrogen-bond donors (Lipinski definition) is 2. The van der Waals surface area contributed by atoms with E-state index in [1.54, 1.807) is 11.3 Å². The minimum atomic E-state index is -1.04. The zero-order chi connectivity index (χ0) is 12.8. The van der Waals surface area contributed by atoms with E-state index in [0.717, 1.165) is 9.35 Å². The molecule has 0 spiro atoms. The predicted octanol–water partition coefficient (Wildman–Crippen LogP) is 1.57. The van der Waals surface area contributed by atoms with Crippen LogP contribution in [-0.2, 0) is 16.1 Å². The van der Waals surface area contributed by atoms with E-state index in [9.17, 15) is 9.59 Å². The molecule has 0 fully saturated rings. The summed E-state index contributed by atoms with van der Waals surface area (Å²) in [5.74, 6) is -1.33. The topological polar surface area (TPSA) is 69.6 Å². The summed E-state index contributed by atoms with van der Waals surface area (Å²) in [6.07, 6.45) is 0. The second kappa shape index (κ2) is 8.47. The van der Waals surface area contributed by atoms with E-state index in [1.807, 2.05) is 23.4 Å². The molecule has 1 rings (SSSR count). The fourth-order valence-corrected chi connectivity index (χ4v) is 2.76. The number of nitrogens with one attached hydrogen (secondary N) is 1. The summed E-state index contributed by atoms with van der Waals surface area (Å²) in [5, 5.41) is 12.7. The summed E-state index contributed by atoms with van der Waals surface area (Å²) >= 11 is 4.97. The predicted molar refractivity (Wildman–Crippen MR) is 76.2 cm³/mol. The van der Waals surface area contributed by atoms with Crippen LogP contribution in [0, 0.1) is 0 Å². The zero-order valence-corrected chi connectivity index (χ0v) is 12.9. The standard InChI is InChI=1S/C10H13BrN2O3S.ClH/c1-13(4-8-2-7(11)6-17-8)5-9(14)12-3-10(15)16;/h2,6H,3-5H2,1H3,(H,12,14)(H,15,16);1H. The van der Waals surface area contributed by atoms with Gasteiger partial charge < -0.3 is 10.4 Å². The summed E-state index contributed by atoms with van der Waals surface area (Å²) in [6, 6.07) is 2.00. The molecule has 102 valence electrons. The highest BCUT2D eigenvalue weighted by Gasteiger charge is 2.09. The van der Waals surface area contributed by atoms with Crippen LogP contribution >= 0.6 is 39.7 Å². The van der Waals surface area contributed by atoms with Crippen LogP contribution in [0.5, 0.6) is 0 Å². The Morgan fingerprint density at radius 1 is 1.56 bits per heavy atom. The molecule has 0 aliphatic heterocycles. The quantitative estimate of drug-likeness (QED) is 0.811. The van der Waals surface area contributed by atoms with Gasteiger partial charge in [0, 0.05) is 21.3 Å². The number of halogens is 2. The number of rotatable bonds is 6. The Kier molecular flexibility index (Phi) is 8.17. The number of hydrogen-bond acceptors (Lipinski definition) is 4. The van der Waals surface area contributed by atoms with Crippen molar-refractivity contribution in [1.82, 2.24) is 10.2 Å². The lowest BCUT2D eigenvalue weighted by Crippen LogP contribution is -2.37. The molecule has 0 saturated carbocycles.